The summed E-state index contributed by atoms with van der Waals surface area (Å²) >= 11 is 0. The first-order chi connectivity index (χ1) is 11.9. The first-order valence-electron chi connectivity index (χ1n) is 8.54. The molecule has 2 aromatic heterocycles. The van der Waals surface area contributed by atoms with Crippen LogP contribution in [-0.2, 0) is 16.4 Å². The van der Waals surface area contributed by atoms with Gasteiger partial charge in [0, 0.05) is 45.2 Å². The van der Waals surface area contributed by atoms with Crippen LogP contribution in [0.5, 0.6) is 0 Å². The molecule has 1 aliphatic heterocycles. The average Bonchev–Trinajstić information content (AvgIpc) is 3.24. The third-order valence-electron chi connectivity index (χ3n) is 4.14. The molecule has 3 rings (SSSR count). The molecule has 1 aliphatic rings. The molecule has 9 heteroatoms. The Morgan fingerprint density at radius 1 is 1.20 bits per heavy atom. The summed E-state index contributed by atoms with van der Waals surface area (Å²) in [6, 6.07) is 1.45. The minimum absolute atomic E-state index is 0.0870. The number of nitrogens with zero attached hydrogens (tertiary/aromatic N) is 4. The van der Waals surface area contributed by atoms with Crippen molar-refractivity contribution in [2.24, 2.45) is 5.92 Å². The van der Waals surface area contributed by atoms with Crippen molar-refractivity contribution in [2.75, 3.05) is 32.7 Å². The predicted molar refractivity (Wildman–Crippen MR) is 91.4 cm³/mol. The highest BCUT2D eigenvalue weighted by molar-refractivity contribution is 7.89. The molecule has 0 bridgehead atoms. The number of rotatable bonds is 6. The summed E-state index contributed by atoms with van der Waals surface area (Å²) in [5.74, 6) is 1.34. The second-order valence-corrected chi connectivity index (χ2v) is 8.48. The smallest absolute Gasteiger partial charge is 0.276 e. The van der Waals surface area contributed by atoms with E-state index in [4.69, 9.17) is 8.83 Å². The van der Waals surface area contributed by atoms with Gasteiger partial charge in [0.15, 0.2) is 0 Å². The van der Waals surface area contributed by atoms with Crippen LogP contribution >= 0.6 is 0 Å². The molecule has 0 saturated carbocycles. The molecule has 0 amide bonds. The van der Waals surface area contributed by atoms with Crippen molar-refractivity contribution in [3.63, 3.8) is 0 Å². The SMILES string of the molecule is CCc1nnc(-c2coc(S(=O)(=O)N3CCN(CC(C)C)CC3)c2)o1. The lowest BCUT2D eigenvalue weighted by molar-refractivity contribution is 0.171. The van der Waals surface area contributed by atoms with E-state index in [0.717, 1.165) is 19.6 Å². The molecule has 0 aliphatic carbocycles. The summed E-state index contributed by atoms with van der Waals surface area (Å²) in [5, 5.41) is 7.70. The number of aryl methyl sites for hydroxylation is 1. The molecule has 0 N–H and O–H groups in total. The van der Waals surface area contributed by atoms with Crippen molar-refractivity contribution in [1.82, 2.24) is 19.4 Å². The average molecular weight is 368 g/mol. The van der Waals surface area contributed by atoms with Crippen molar-refractivity contribution in [1.29, 1.82) is 0 Å². The lowest BCUT2D eigenvalue weighted by Gasteiger charge is -2.34. The third kappa shape index (κ3) is 3.94. The van der Waals surface area contributed by atoms with Gasteiger partial charge in [-0.15, -0.1) is 10.2 Å². The molecule has 0 aromatic carbocycles. The normalized spacial score (nSPS) is 17.4. The Hall–Kier alpha value is -1.71. The maximum absolute atomic E-state index is 12.8. The molecule has 0 unspecified atom stereocenters. The van der Waals surface area contributed by atoms with Gasteiger partial charge < -0.3 is 13.7 Å². The highest BCUT2D eigenvalue weighted by Gasteiger charge is 2.31. The number of sulfonamides is 1. The molecule has 8 nitrogen and oxygen atoms in total. The van der Waals surface area contributed by atoms with Crippen LogP contribution in [0.1, 0.15) is 26.7 Å². The number of furan rings is 1. The van der Waals surface area contributed by atoms with Crippen molar-refractivity contribution < 1.29 is 17.3 Å². The van der Waals surface area contributed by atoms with E-state index in [1.807, 2.05) is 6.92 Å². The Balaban J connectivity index is 1.71. The van der Waals surface area contributed by atoms with Gasteiger partial charge in [0.05, 0.1) is 5.56 Å². The van der Waals surface area contributed by atoms with E-state index in [9.17, 15) is 8.42 Å². The first-order valence-corrected chi connectivity index (χ1v) is 9.98. The summed E-state index contributed by atoms with van der Waals surface area (Å²) in [5.41, 5.74) is 0.476. The zero-order chi connectivity index (χ0) is 18.0. The van der Waals surface area contributed by atoms with Gasteiger partial charge in [0.25, 0.3) is 15.9 Å². The summed E-state index contributed by atoms with van der Waals surface area (Å²) in [6.07, 6.45) is 1.96. The van der Waals surface area contributed by atoms with Gasteiger partial charge in [0.2, 0.25) is 11.0 Å². The van der Waals surface area contributed by atoms with E-state index in [1.165, 1.54) is 16.6 Å². The summed E-state index contributed by atoms with van der Waals surface area (Å²) < 4.78 is 37.8. The number of hydrogen-bond acceptors (Lipinski definition) is 7. The molecule has 3 heterocycles. The van der Waals surface area contributed by atoms with Crippen molar-refractivity contribution in [3.8, 4) is 11.5 Å². The summed E-state index contributed by atoms with van der Waals surface area (Å²) in [4.78, 5) is 2.29. The lowest BCUT2D eigenvalue weighted by Crippen LogP contribution is -2.49. The van der Waals surface area contributed by atoms with Crippen LogP contribution in [0.15, 0.2) is 26.3 Å². The second kappa shape index (κ2) is 7.27. The minimum Gasteiger partial charge on any atom is -0.451 e. The van der Waals surface area contributed by atoms with Gasteiger partial charge >= 0.3 is 0 Å². The molecule has 138 valence electrons. The number of hydrogen-bond donors (Lipinski definition) is 0. The van der Waals surface area contributed by atoms with Crippen LogP contribution < -0.4 is 0 Å². The van der Waals surface area contributed by atoms with Crippen LogP contribution in [-0.4, -0.2) is 60.5 Å². The molecule has 2 aromatic rings. The van der Waals surface area contributed by atoms with Crippen molar-refractivity contribution in [2.45, 2.75) is 32.3 Å². The van der Waals surface area contributed by atoms with Crippen molar-refractivity contribution in [3.05, 3.63) is 18.2 Å². The Morgan fingerprint density at radius 2 is 1.92 bits per heavy atom. The van der Waals surface area contributed by atoms with E-state index in [0.29, 0.717) is 36.9 Å². The second-order valence-electron chi connectivity index (χ2n) is 6.61. The fraction of sp³-hybridized carbons (Fsp3) is 0.625. The summed E-state index contributed by atoms with van der Waals surface area (Å²) in [7, 11) is -3.65. The van der Waals surface area contributed by atoms with Gasteiger partial charge in [-0.2, -0.15) is 4.31 Å². The van der Waals surface area contributed by atoms with E-state index in [1.54, 1.807) is 0 Å². The first kappa shape index (κ1) is 18.1. The van der Waals surface area contributed by atoms with Gasteiger partial charge in [-0.25, -0.2) is 8.42 Å². The Labute approximate surface area is 147 Å². The van der Waals surface area contributed by atoms with Crippen LogP contribution in [0.4, 0.5) is 0 Å². The van der Waals surface area contributed by atoms with E-state index in [-0.39, 0.29) is 11.0 Å². The van der Waals surface area contributed by atoms with E-state index in [2.05, 4.69) is 28.9 Å². The fourth-order valence-electron chi connectivity index (χ4n) is 2.87. The highest BCUT2D eigenvalue weighted by Crippen LogP contribution is 2.26. The van der Waals surface area contributed by atoms with Gasteiger partial charge in [0.1, 0.15) is 6.26 Å². The van der Waals surface area contributed by atoms with Gasteiger partial charge in [-0.3, -0.25) is 0 Å². The fourth-order valence-corrected chi connectivity index (χ4v) is 4.22. The lowest BCUT2D eigenvalue weighted by atomic mass is 10.2. The maximum atomic E-state index is 12.8. The molecule has 25 heavy (non-hydrogen) atoms. The quantitative estimate of drug-likeness (QED) is 0.768. The maximum Gasteiger partial charge on any atom is 0.276 e. The van der Waals surface area contributed by atoms with E-state index >= 15 is 0 Å². The zero-order valence-electron chi connectivity index (χ0n) is 14.8. The zero-order valence-corrected chi connectivity index (χ0v) is 15.6. The molecular weight excluding hydrogens is 344 g/mol. The molecule has 0 radical (unpaired) electrons. The Bertz CT molecular complexity index is 804. The van der Waals surface area contributed by atoms with Crippen molar-refractivity contribution >= 4 is 10.0 Å². The van der Waals surface area contributed by atoms with Crippen LogP contribution in [0.3, 0.4) is 0 Å². The highest BCUT2D eigenvalue weighted by atomic mass is 32.2. The molecule has 0 atom stereocenters. The topological polar surface area (TPSA) is 92.7 Å². The van der Waals surface area contributed by atoms with Gasteiger partial charge in [-0.1, -0.05) is 20.8 Å². The number of piperazine rings is 1. The molecule has 1 fully saturated rings. The third-order valence-corrected chi connectivity index (χ3v) is 5.91. The predicted octanol–water partition coefficient (Wildman–Crippen LogP) is 1.85. The van der Waals surface area contributed by atoms with Crippen LogP contribution in [0.2, 0.25) is 0 Å². The van der Waals surface area contributed by atoms with Gasteiger partial charge in [-0.05, 0) is 5.92 Å². The molecular formula is C16H24N4O4S. The van der Waals surface area contributed by atoms with Crippen LogP contribution in [0.25, 0.3) is 11.5 Å². The number of aromatic nitrogens is 2. The Morgan fingerprint density at radius 3 is 2.52 bits per heavy atom. The standard InChI is InChI=1S/C16H24N4O4S/c1-4-14-17-18-16(24-14)13-9-15(23-11-13)25(21,22)20-7-5-19(6-8-20)10-12(2)3/h9,11-12H,4-8,10H2,1-3H3. The Kier molecular flexibility index (Phi) is 5.26. The monoisotopic (exact) mass is 368 g/mol. The minimum atomic E-state index is -3.65. The molecule has 1 saturated heterocycles. The largest absolute Gasteiger partial charge is 0.451 e. The molecule has 0 spiro atoms. The summed E-state index contributed by atoms with van der Waals surface area (Å²) in [6.45, 7) is 9.60. The van der Waals surface area contributed by atoms with E-state index < -0.39 is 10.0 Å². The van der Waals surface area contributed by atoms with Crippen LogP contribution in [0, 0.1) is 5.92 Å².